The Kier molecular flexibility index (Phi) is 5.41. The normalized spacial score (nSPS) is 14.9. The van der Waals surface area contributed by atoms with Crippen LogP contribution in [0, 0.1) is 10.1 Å². The molecule has 1 aliphatic carbocycles. The van der Waals surface area contributed by atoms with Crippen LogP contribution in [0.15, 0.2) is 24.3 Å². The highest BCUT2D eigenvalue weighted by molar-refractivity contribution is 7.17. The number of nitrogens with zero attached hydrogens (tertiary/aromatic N) is 1. The third-order valence-corrected chi connectivity index (χ3v) is 5.63. The summed E-state index contributed by atoms with van der Waals surface area (Å²) in [5.41, 5.74) is 0.482. The van der Waals surface area contributed by atoms with Crippen LogP contribution in [0.25, 0.3) is 0 Å². The minimum atomic E-state index is -0.678. The molecule has 1 amide bonds. The van der Waals surface area contributed by atoms with Gasteiger partial charge in [-0.2, -0.15) is 0 Å². The highest BCUT2D eigenvalue weighted by atomic mass is 32.1. The van der Waals surface area contributed by atoms with Crippen LogP contribution in [-0.4, -0.2) is 37.0 Å². The van der Waals surface area contributed by atoms with E-state index in [0.717, 1.165) is 10.9 Å². The van der Waals surface area contributed by atoms with Crippen molar-refractivity contribution in [1.82, 2.24) is 0 Å². The van der Waals surface area contributed by atoms with Crippen LogP contribution < -0.4 is 5.32 Å². The van der Waals surface area contributed by atoms with E-state index in [0.29, 0.717) is 18.4 Å². The Balaban J connectivity index is 1.98. The molecular formula is C18H16N2O7S. The lowest BCUT2D eigenvalue weighted by Gasteiger charge is -2.11. The lowest BCUT2D eigenvalue weighted by molar-refractivity contribution is -0.384. The van der Waals surface area contributed by atoms with Crippen LogP contribution in [0.2, 0.25) is 0 Å². The molecule has 1 N–H and O–H groups in total. The van der Waals surface area contributed by atoms with E-state index in [1.165, 1.54) is 43.8 Å². The van der Waals surface area contributed by atoms with Crippen molar-refractivity contribution in [3.63, 3.8) is 0 Å². The molecule has 1 atom stereocenters. The maximum Gasteiger partial charge on any atom is 0.341 e. The highest BCUT2D eigenvalue weighted by Gasteiger charge is 2.38. The highest BCUT2D eigenvalue weighted by Crippen LogP contribution is 2.46. The predicted octanol–water partition coefficient (Wildman–Crippen LogP) is 2.90. The third kappa shape index (κ3) is 3.46. The molecule has 1 aromatic heterocycles. The Morgan fingerprint density at radius 2 is 2.00 bits per heavy atom. The number of anilines is 1. The van der Waals surface area contributed by atoms with Gasteiger partial charge in [-0.05, 0) is 24.5 Å². The van der Waals surface area contributed by atoms with E-state index in [4.69, 9.17) is 9.47 Å². The zero-order valence-electron chi connectivity index (χ0n) is 15.0. The Morgan fingerprint density at radius 1 is 1.25 bits per heavy atom. The smallest absolute Gasteiger partial charge is 0.341 e. The van der Waals surface area contributed by atoms with Gasteiger partial charge in [-0.15, -0.1) is 11.3 Å². The van der Waals surface area contributed by atoms with Crippen molar-refractivity contribution in [3.05, 3.63) is 55.9 Å². The second kappa shape index (κ2) is 7.77. The molecule has 0 bridgehead atoms. The van der Waals surface area contributed by atoms with Crippen molar-refractivity contribution in [2.45, 2.75) is 18.8 Å². The number of ether oxygens (including phenoxy) is 2. The van der Waals surface area contributed by atoms with E-state index < -0.39 is 28.7 Å². The molecule has 0 saturated heterocycles. The second-order valence-electron chi connectivity index (χ2n) is 6.01. The summed E-state index contributed by atoms with van der Waals surface area (Å²) in [5.74, 6) is -2.35. The molecule has 0 saturated carbocycles. The molecule has 2 aromatic rings. The standard InChI is InChI=1S/C18H16N2O7S/c1-26-17(22)11-6-7-12-13(11)14(18(23)27-2)16(28-12)19-15(21)9-4-3-5-10(8-9)20(24)25/h3-5,8,11H,6-7H2,1-2H3,(H,19,21)/t11-/m1/s1. The van der Waals surface area contributed by atoms with Crippen molar-refractivity contribution in [3.8, 4) is 0 Å². The van der Waals surface area contributed by atoms with Crippen molar-refractivity contribution >= 4 is 39.9 Å². The van der Waals surface area contributed by atoms with Crippen LogP contribution >= 0.6 is 11.3 Å². The largest absolute Gasteiger partial charge is 0.469 e. The van der Waals surface area contributed by atoms with Crippen molar-refractivity contribution < 1.29 is 28.8 Å². The summed E-state index contributed by atoms with van der Waals surface area (Å²) < 4.78 is 9.65. The number of rotatable bonds is 5. The summed E-state index contributed by atoms with van der Waals surface area (Å²) >= 11 is 1.18. The van der Waals surface area contributed by atoms with Crippen molar-refractivity contribution in [2.75, 3.05) is 19.5 Å². The lowest BCUT2D eigenvalue weighted by Crippen LogP contribution is -2.17. The number of nitrogens with one attached hydrogen (secondary N) is 1. The van der Waals surface area contributed by atoms with E-state index in [1.54, 1.807) is 0 Å². The number of hydrogen-bond acceptors (Lipinski definition) is 8. The van der Waals surface area contributed by atoms with Gasteiger partial charge in [0, 0.05) is 22.6 Å². The molecule has 146 valence electrons. The van der Waals surface area contributed by atoms with Gasteiger partial charge in [0.25, 0.3) is 11.6 Å². The molecule has 0 fully saturated rings. The minimum Gasteiger partial charge on any atom is -0.469 e. The Bertz CT molecular complexity index is 982. The van der Waals surface area contributed by atoms with Gasteiger partial charge in [-0.3, -0.25) is 19.7 Å². The fraction of sp³-hybridized carbons (Fsp3) is 0.278. The topological polar surface area (TPSA) is 125 Å². The number of fused-ring (bicyclic) bond motifs is 1. The Morgan fingerprint density at radius 3 is 2.64 bits per heavy atom. The number of nitro groups is 1. The summed E-state index contributed by atoms with van der Waals surface area (Å²) in [4.78, 5) is 48.1. The number of methoxy groups -OCH3 is 2. The number of hydrogen-bond donors (Lipinski definition) is 1. The first-order valence-corrected chi connectivity index (χ1v) is 9.06. The summed E-state index contributed by atoms with van der Waals surface area (Å²) in [6.45, 7) is 0. The molecule has 0 aliphatic heterocycles. The molecule has 1 aromatic carbocycles. The van der Waals surface area contributed by atoms with Gasteiger partial charge >= 0.3 is 11.9 Å². The zero-order chi connectivity index (χ0) is 20.4. The first kappa shape index (κ1) is 19.5. The summed E-state index contributed by atoms with van der Waals surface area (Å²) in [5, 5.41) is 13.8. The Hall–Kier alpha value is -3.27. The molecule has 9 nitrogen and oxygen atoms in total. The fourth-order valence-corrected chi connectivity index (χ4v) is 4.43. The van der Waals surface area contributed by atoms with Crippen LogP contribution in [0.4, 0.5) is 10.7 Å². The van der Waals surface area contributed by atoms with Gasteiger partial charge in [0.05, 0.1) is 30.6 Å². The van der Waals surface area contributed by atoms with Crippen LogP contribution in [0.1, 0.15) is 43.5 Å². The summed E-state index contributed by atoms with van der Waals surface area (Å²) in [6.07, 6.45) is 1.08. The number of benzene rings is 1. The molecule has 0 radical (unpaired) electrons. The molecule has 0 unspecified atom stereocenters. The molecule has 1 aliphatic rings. The number of nitro benzene ring substituents is 1. The van der Waals surface area contributed by atoms with E-state index in [9.17, 15) is 24.5 Å². The van der Waals surface area contributed by atoms with Gasteiger partial charge in [-0.1, -0.05) is 6.07 Å². The van der Waals surface area contributed by atoms with Crippen LogP contribution in [-0.2, 0) is 20.7 Å². The van der Waals surface area contributed by atoms with E-state index >= 15 is 0 Å². The van der Waals surface area contributed by atoms with Gasteiger partial charge in [0.1, 0.15) is 5.00 Å². The first-order valence-electron chi connectivity index (χ1n) is 8.24. The van der Waals surface area contributed by atoms with Gasteiger partial charge in [0.2, 0.25) is 0 Å². The summed E-state index contributed by atoms with van der Waals surface area (Å²) in [7, 11) is 2.48. The van der Waals surface area contributed by atoms with E-state index in [-0.39, 0.29) is 21.8 Å². The minimum absolute atomic E-state index is 0.0723. The quantitative estimate of drug-likeness (QED) is 0.461. The lowest BCUT2D eigenvalue weighted by atomic mass is 9.99. The molecule has 28 heavy (non-hydrogen) atoms. The molecule has 1 heterocycles. The third-order valence-electron chi connectivity index (χ3n) is 4.45. The second-order valence-corrected chi connectivity index (χ2v) is 7.12. The van der Waals surface area contributed by atoms with E-state index in [2.05, 4.69) is 5.32 Å². The van der Waals surface area contributed by atoms with Crippen LogP contribution in [0.5, 0.6) is 0 Å². The molecule has 0 spiro atoms. The van der Waals surface area contributed by atoms with E-state index in [1.807, 2.05) is 0 Å². The number of carbonyl (C=O) groups excluding carboxylic acids is 3. The number of non-ortho nitro benzene ring substituents is 1. The average molecular weight is 404 g/mol. The van der Waals surface area contributed by atoms with Crippen molar-refractivity contribution in [2.24, 2.45) is 0 Å². The maximum absolute atomic E-state index is 12.6. The Labute approximate surface area is 163 Å². The predicted molar refractivity (Wildman–Crippen MR) is 99.8 cm³/mol. The number of esters is 2. The number of aryl methyl sites for hydroxylation is 1. The molecular weight excluding hydrogens is 388 g/mol. The number of amides is 1. The zero-order valence-corrected chi connectivity index (χ0v) is 15.8. The monoisotopic (exact) mass is 404 g/mol. The SMILES string of the molecule is COC(=O)c1c(NC(=O)c2cccc([N+](=O)[O-])c2)sc2c1[C@H](C(=O)OC)CC2. The number of thiophene rings is 1. The van der Waals surface area contributed by atoms with Gasteiger partial charge in [0.15, 0.2) is 0 Å². The first-order chi connectivity index (χ1) is 13.4. The van der Waals surface area contributed by atoms with Gasteiger partial charge < -0.3 is 14.8 Å². The maximum atomic E-state index is 12.6. The molecule has 10 heteroatoms. The fourth-order valence-electron chi connectivity index (χ4n) is 3.17. The average Bonchev–Trinajstić information content (AvgIpc) is 3.25. The molecule has 3 rings (SSSR count). The van der Waals surface area contributed by atoms with Crippen LogP contribution in [0.3, 0.4) is 0 Å². The van der Waals surface area contributed by atoms with Gasteiger partial charge in [-0.25, -0.2) is 4.79 Å². The van der Waals surface area contributed by atoms with Crippen molar-refractivity contribution in [1.29, 1.82) is 0 Å². The number of carbonyl (C=O) groups is 3. The summed E-state index contributed by atoms with van der Waals surface area (Å²) in [6, 6.07) is 5.25.